The molecule has 72 valence electrons. The zero-order valence-corrected chi connectivity index (χ0v) is 9.28. The monoisotopic (exact) mass is 252 g/mol. The summed E-state index contributed by atoms with van der Waals surface area (Å²) < 4.78 is 0.775. The largest absolute Gasteiger partial charge is 0.331 e. The van der Waals surface area contributed by atoms with Crippen molar-refractivity contribution in [3.63, 3.8) is 0 Å². The molecule has 0 aliphatic carbocycles. The Labute approximate surface area is 91.3 Å². The van der Waals surface area contributed by atoms with Crippen LogP contribution in [-0.2, 0) is 0 Å². The Bertz CT molecular complexity index is 384. The number of terminal acetylenes is 1. The maximum Gasteiger partial charge on any atom is 0.255 e. The molecule has 0 spiro atoms. The summed E-state index contributed by atoms with van der Waals surface area (Å²) >= 11 is 3.24. The molecule has 1 amide bonds. The maximum absolute atomic E-state index is 11.7. The van der Waals surface area contributed by atoms with Crippen molar-refractivity contribution in [3.8, 4) is 12.3 Å². The Kier molecular flexibility index (Phi) is 3.66. The van der Waals surface area contributed by atoms with E-state index in [-0.39, 0.29) is 5.91 Å². The molecule has 3 nitrogen and oxygen atoms in total. The minimum Gasteiger partial charge on any atom is -0.331 e. The summed E-state index contributed by atoms with van der Waals surface area (Å²) in [5.74, 6) is 2.28. The number of carbonyl (C=O) groups is 1. The first-order valence-electron chi connectivity index (χ1n) is 3.94. The number of halogens is 1. The van der Waals surface area contributed by atoms with Gasteiger partial charge in [0, 0.05) is 23.9 Å². The molecule has 14 heavy (non-hydrogen) atoms. The second kappa shape index (κ2) is 4.77. The van der Waals surface area contributed by atoms with E-state index in [0.29, 0.717) is 12.1 Å². The first kappa shape index (κ1) is 10.7. The summed E-state index contributed by atoms with van der Waals surface area (Å²) in [5, 5.41) is 0. The predicted octanol–water partition coefficient (Wildman–Crippen LogP) is 1.55. The Hall–Kier alpha value is -1.34. The lowest BCUT2D eigenvalue weighted by atomic mass is 10.2. The van der Waals surface area contributed by atoms with Gasteiger partial charge in [0.25, 0.3) is 5.91 Å². The van der Waals surface area contributed by atoms with Gasteiger partial charge in [0.2, 0.25) is 0 Å². The highest BCUT2D eigenvalue weighted by Gasteiger charge is 2.10. The Balaban J connectivity index is 2.85. The molecule has 1 rings (SSSR count). The topological polar surface area (TPSA) is 33.2 Å². The number of amides is 1. The molecule has 4 heteroatoms. The van der Waals surface area contributed by atoms with E-state index in [1.165, 1.54) is 11.1 Å². The number of rotatable bonds is 2. The third-order valence-electron chi connectivity index (χ3n) is 1.63. The lowest BCUT2D eigenvalue weighted by molar-refractivity contribution is 0.0812. The highest BCUT2D eigenvalue weighted by molar-refractivity contribution is 9.10. The van der Waals surface area contributed by atoms with Crippen LogP contribution in [0.5, 0.6) is 0 Å². The van der Waals surface area contributed by atoms with Crippen LogP contribution in [-0.4, -0.2) is 29.4 Å². The van der Waals surface area contributed by atoms with Crippen molar-refractivity contribution >= 4 is 21.8 Å². The Morgan fingerprint density at radius 3 is 3.00 bits per heavy atom. The number of aromatic nitrogens is 1. The normalized spacial score (nSPS) is 9.21. The third kappa shape index (κ3) is 2.57. The number of carbonyl (C=O) groups excluding carboxylic acids is 1. The van der Waals surface area contributed by atoms with Crippen molar-refractivity contribution in [1.29, 1.82) is 0 Å². The van der Waals surface area contributed by atoms with Gasteiger partial charge in [0.15, 0.2) is 0 Å². The molecule has 0 aliphatic rings. The summed E-state index contributed by atoms with van der Waals surface area (Å²) in [7, 11) is 1.66. The minimum absolute atomic E-state index is 0.128. The molecule has 0 saturated heterocycles. The van der Waals surface area contributed by atoms with E-state index in [4.69, 9.17) is 6.42 Å². The SMILES string of the molecule is C#CCN(C)C(=O)c1cncc(Br)c1. The van der Waals surface area contributed by atoms with Gasteiger partial charge in [-0.1, -0.05) is 5.92 Å². The highest BCUT2D eigenvalue weighted by Crippen LogP contribution is 2.10. The molecule has 0 fully saturated rings. The van der Waals surface area contributed by atoms with Crippen molar-refractivity contribution in [2.45, 2.75) is 0 Å². The van der Waals surface area contributed by atoms with Crippen LogP contribution in [0.4, 0.5) is 0 Å². The van der Waals surface area contributed by atoms with Crippen LogP contribution in [0.25, 0.3) is 0 Å². The van der Waals surface area contributed by atoms with Gasteiger partial charge in [-0.3, -0.25) is 9.78 Å². The second-order valence-corrected chi connectivity index (χ2v) is 3.67. The van der Waals surface area contributed by atoms with Gasteiger partial charge in [-0.25, -0.2) is 0 Å². The molecule has 0 aromatic carbocycles. The lowest BCUT2D eigenvalue weighted by Crippen LogP contribution is -2.26. The molecule has 0 aliphatic heterocycles. The molecule has 0 unspecified atom stereocenters. The molecule has 1 aromatic heterocycles. The van der Waals surface area contributed by atoms with Gasteiger partial charge in [0.1, 0.15) is 0 Å². The average Bonchev–Trinajstić information content (AvgIpc) is 2.17. The van der Waals surface area contributed by atoms with Crippen LogP contribution in [0.15, 0.2) is 22.9 Å². The van der Waals surface area contributed by atoms with E-state index in [1.807, 2.05) is 0 Å². The third-order valence-corrected chi connectivity index (χ3v) is 2.06. The summed E-state index contributed by atoms with van der Waals surface area (Å²) in [5.41, 5.74) is 0.525. The fourth-order valence-corrected chi connectivity index (χ4v) is 1.32. The summed E-state index contributed by atoms with van der Waals surface area (Å²) in [6, 6.07) is 1.71. The predicted molar refractivity (Wildman–Crippen MR) is 57.7 cm³/mol. The van der Waals surface area contributed by atoms with E-state index in [1.54, 1.807) is 19.3 Å². The van der Waals surface area contributed by atoms with Gasteiger partial charge in [0.05, 0.1) is 12.1 Å². The molecule has 0 radical (unpaired) electrons. The van der Waals surface area contributed by atoms with Crippen LogP contribution >= 0.6 is 15.9 Å². The molecule has 0 bridgehead atoms. The van der Waals surface area contributed by atoms with Crippen LogP contribution in [0.3, 0.4) is 0 Å². The van der Waals surface area contributed by atoms with Crippen molar-refractivity contribution in [3.05, 3.63) is 28.5 Å². The van der Waals surface area contributed by atoms with Crippen molar-refractivity contribution in [1.82, 2.24) is 9.88 Å². The number of hydrogen-bond acceptors (Lipinski definition) is 2. The molecule has 1 heterocycles. The van der Waals surface area contributed by atoms with Gasteiger partial charge in [-0.2, -0.15) is 0 Å². The quantitative estimate of drug-likeness (QED) is 0.749. The standard InChI is InChI=1S/C10H9BrN2O/c1-3-4-13(2)10(14)8-5-9(11)7-12-6-8/h1,5-7H,4H2,2H3. The van der Waals surface area contributed by atoms with Crippen LogP contribution in [0.1, 0.15) is 10.4 Å². The smallest absolute Gasteiger partial charge is 0.255 e. The van der Waals surface area contributed by atoms with Crippen molar-refractivity contribution in [2.75, 3.05) is 13.6 Å². The second-order valence-electron chi connectivity index (χ2n) is 2.76. The van der Waals surface area contributed by atoms with Crippen molar-refractivity contribution in [2.24, 2.45) is 0 Å². The molecular weight excluding hydrogens is 244 g/mol. The molecule has 0 saturated carbocycles. The van der Waals surface area contributed by atoms with Gasteiger partial charge < -0.3 is 4.90 Å². The van der Waals surface area contributed by atoms with Crippen molar-refractivity contribution < 1.29 is 4.79 Å². The molecule has 0 atom stereocenters. The number of hydrogen-bond donors (Lipinski definition) is 0. The lowest BCUT2D eigenvalue weighted by Gasteiger charge is -2.13. The average molecular weight is 253 g/mol. The summed E-state index contributed by atoms with van der Waals surface area (Å²) in [4.78, 5) is 17.0. The van der Waals surface area contributed by atoms with E-state index in [2.05, 4.69) is 26.8 Å². The summed E-state index contributed by atoms with van der Waals surface area (Å²) in [6.07, 6.45) is 8.24. The van der Waals surface area contributed by atoms with E-state index in [9.17, 15) is 4.79 Å². The van der Waals surface area contributed by atoms with E-state index in [0.717, 1.165) is 4.47 Å². The molecular formula is C10H9BrN2O. The molecule has 0 N–H and O–H groups in total. The highest BCUT2D eigenvalue weighted by atomic mass is 79.9. The first-order chi connectivity index (χ1) is 6.65. The first-order valence-corrected chi connectivity index (χ1v) is 4.74. The number of pyridine rings is 1. The fourth-order valence-electron chi connectivity index (χ4n) is 0.958. The maximum atomic E-state index is 11.7. The fraction of sp³-hybridized carbons (Fsp3) is 0.200. The zero-order valence-electron chi connectivity index (χ0n) is 7.70. The summed E-state index contributed by atoms with van der Waals surface area (Å²) in [6.45, 7) is 0.297. The van der Waals surface area contributed by atoms with Gasteiger partial charge in [-0.15, -0.1) is 6.42 Å². The zero-order chi connectivity index (χ0) is 10.6. The van der Waals surface area contributed by atoms with E-state index >= 15 is 0 Å². The van der Waals surface area contributed by atoms with Gasteiger partial charge >= 0.3 is 0 Å². The van der Waals surface area contributed by atoms with Crippen LogP contribution in [0, 0.1) is 12.3 Å². The Morgan fingerprint density at radius 2 is 2.43 bits per heavy atom. The van der Waals surface area contributed by atoms with Crippen LogP contribution in [0.2, 0.25) is 0 Å². The Morgan fingerprint density at radius 1 is 1.71 bits per heavy atom. The van der Waals surface area contributed by atoms with E-state index < -0.39 is 0 Å². The minimum atomic E-state index is -0.128. The number of nitrogens with zero attached hydrogens (tertiary/aromatic N) is 2. The van der Waals surface area contributed by atoms with Gasteiger partial charge in [-0.05, 0) is 22.0 Å². The van der Waals surface area contributed by atoms with Crippen LogP contribution < -0.4 is 0 Å². The molecule has 1 aromatic rings.